The summed E-state index contributed by atoms with van der Waals surface area (Å²) in [6.07, 6.45) is 0.746. The highest BCUT2D eigenvalue weighted by atomic mass is 32.1. The first-order valence-corrected chi connectivity index (χ1v) is 15.2. The number of thiazole rings is 1. The lowest BCUT2D eigenvalue weighted by atomic mass is 9.80. The molecule has 3 aliphatic heterocycles. The largest absolute Gasteiger partial charge is 0.457 e. The molecule has 5 heterocycles. The molecule has 2 aromatic heterocycles. The Kier molecular flexibility index (Phi) is 7.44. The number of hydrogen-bond acceptors (Lipinski definition) is 10. The number of alkyl halides is 3. The van der Waals surface area contributed by atoms with Gasteiger partial charge in [0.25, 0.3) is 6.02 Å². The maximum Gasteiger partial charge on any atom is 0.408 e. The number of carbonyl (C=O) groups is 1. The molecule has 0 aromatic carbocycles. The summed E-state index contributed by atoms with van der Waals surface area (Å²) >= 11 is 1.41. The molecule has 3 fully saturated rings. The van der Waals surface area contributed by atoms with Gasteiger partial charge in [0.15, 0.2) is 23.4 Å². The van der Waals surface area contributed by atoms with Gasteiger partial charge in [-0.25, -0.2) is 15.0 Å². The molecule has 1 saturated carbocycles. The Morgan fingerprint density at radius 2 is 1.93 bits per heavy atom. The van der Waals surface area contributed by atoms with Gasteiger partial charge < -0.3 is 24.6 Å². The van der Waals surface area contributed by atoms with Crippen molar-refractivity contribution in [1.82, 2.24) is 19.9 Å². The van der Waals surface area contributed by atoms with E-state index in [0.29, 0.717) is 49.0 Å². The van der Waals surface area contributed by atoms with E-state index in [-0.39, 0.29) is 43.5 Å². The van der Waals surface area contributed by atoms with Crippen LogP contribution in [-0.4, -0.2) is 82.9 Å². The number of aromatic nitrogens is 3. The molecule has 3 atom stereocenters. The van der Waals surface area contributed by atoms with Crippen LogP contribution in [0.5, 0.6) is 0 Å². The second-order valence-electron chi connectivity index (χ2n) is 11.5. The lowest BCUT2D eigenvalue weighted by molar-refractivity contribution is -0.169. The van der Waals surface area contributed by atoms with Crippen molar-refractivity contribution in [1.29, 1.82) is 5.41 Å². The first kappa shape index (κ1) is 28.9. The predicted molar refractivity (Wildman–Crippen MR) is 152 cm³/mol. The van der Waals surface area contributed by atoms with Gasteiger partial charge in [-0.05, 0) is 39.5 Å². The normalized spacial score (nSPS) is 25.4. The zero-order chi connectivity index (χ0) is 29.8. The number of carbonyl (C=O) groups excluding carboxylic acids is 1. The Labute approximate surface area is 245 Å². The first-order valence-electron chi connectivity index (χ1n) is 14.4. The van der Waals surface area contributed by atoms with Crippen LogP contribution >= 0.6 is 11.3 Å². The fourth-order valence-electron chi connectivity index (χ4n) is 6.81. The summed E-state index contributed by atoms with van der Waals surface area (Å²) in [7, 11) is 1.72. The summed E-state index contributed by atoms with van der Waals surface area (Å²) in [5.41, 5.74) is -0.0342. The number of nitrogens with zero attached hydrogens (tertiary/aromatic N) is 6. The van der Waals surface area contributed by atoms with Crippen molar-refractivity contribution in [3.05, 3.63) is 17.6 Å². The molecule has 15 heteroatoms. The van der Waals surface area contributed by atoms with E-state index >= 15 is 0 Å². The number of fused-ring (bicyclic) bond motifs is 2. The summed E-state index contributed by atoms with van der Waals surface area (Å²) in [5, 5.41) is 12.8. The minimum atomic E-state index is -4.45. The predicted octanol–water partition coefficient (Wildman–Crippen LogP) is 4.56. The number of amides is 1. The van der Waals surface area contributed by atoms with Gasteiger partial charge in [0, 0.05) is 26.7 Å². The van der Waals surface area contributed by atoms with Gasteiger partial charge in [-0.3, -0.25) is 15.1 Å². The number of amidine groups is 1. The van der Waals surface area contributed by atoms with E-state index in [1.165, 1.54) is 11.3 Å². The Morgan fingerprint density at radius 3 is 2.60 bits per heavy atom. The Hall–Kier alpha value is -3.20. The summed E-state index contributed by atoms with van der Waals surface area (Å²) < 4.78 is 51.7. The smallest absolute Gasteiger partial charge is 0.408 e. The number of halogens is 3. The minimum absolute atomic E-state index is 0.0520. The first-order chi connectivity index (χ1) is 20.0. The molecule has 228 valence electrons. The van der Waals surface area contributed by atoms with Crippen LogP contribution < -0.4 is 15.1 Å². The molecule has 4 aliphatic rings. The third kappa shape index (κ3) is 4.93. The number of hydrogen-bond donors (Lipinski definition) is 2. The zero-order valence-electron chi connectivity index (χ0n) is 23.8. The number of nitrogens with one attached hydrogen (secondary N) is 2. The molecule has 6 rings (SSSR count). The van der Waals surface area contributed by atoms with E-state index in [9.17, 15) is 18.0 Å². The molecule has 0 unspecified atom stereocenters. The van der Waals surface area contributed by atoms with Crippen molar-refractivity contribution < 1.29 is 27.4 Å². The number of ether oxygens (including phenoxy) is 2. The van der Waals surface area contributed by atoms with Crippen LogP contribution in [0.1, 0.15) is 63.8 Å². The fraction of sp³-hybridized carbons (Fsp3) is 0.667. The molecule has 0 radical (unpaired) electrons. The van der Waals surface area contributed by atoms with Crippen molar-refractivity contribution in [3.8, 4) is 0 Å². The van der Waals surface area contributed by atoms with E-state index in [2.05, 4.69) is 20.2 Å². The molecule has 2 aromatic rings. The highest BCUT2D eigenvalue weighted by Crippen LogP contribution is 2.55. The van der Waals surface area contributed by atoms with E-state index in [1.807, 2.05) is 13.8 Å². The molecule has 0 bridgehead atoms. The standard InChI is InChI=1S/C27H35F3N8O3S/c1-15-12-36(13-16(2)41-15)25-33-11-19(42-25)38-22-20(26(23(38)39)8-4-5-9-26)21(32-3)34-18(35-22)14-40-24(31)37-10-6-7-17(37)27(28,29)30/h11,15-17,31H,4-10,12-14H2,1-3H3,(H,32,34,35)/t15-,16+,17-/m1/s1. The van der Waals surface area contributed by atoms with Crippen molar-refractivity contribution >= 4 is 45.0 Å². The molecule has 2 N–H and O–H groups in total. The lowest BCUT2D eigenvalue weighted by Gasteiger charge is -2.35. The van der Waals surface area contributed by atoms with Crippen LogP contribution in [0, 0.1) is 5.41 Å². The molecular weight excluding hydrogens is 573 g/mol. The average molecular weight is 609 g/mol. The number of morpholine rings is 1. The molecule has 11 nitrogen and oxygen atoms in total. The Balaban J connectivity index is 1.31. The van der Waals surface area contributed by atoms with Gasteiger partial charge in [0.2, 0.25) is 5.91 Å². The molecule has 42 heavy (non-hydrogen) atoms. The van der Waals surface area contributed by atoms with E-state index in [1.54, 1.807) is 18.1 Å². The van der Waals surface area contributed by atoms with Gasteiger partial charge in [-0.2, -0.15) is 13.2 Å². The van der Waals surface area contributed by atoms with Gasteiger partial charge >= 0.3 is 6.18 Å². The third-order valence-corrected chi connectivity index (χ3v) is 9.60. The van der Waals surface area contributed by atoms with Crippen molar-refractivity contribution in [2.45, 2.75) is 88.8 Å². The summed E-state index contributed by atoms with van der Waals surface area (Å²) in [6, 6.07) is -2.31. The van der Waals surface area contributed by atoms with E-state index in [4.69, 9.17) is 19.9 Å². The fourth-order valence-corrected chi connectivity index (χ4v) is 7.75. The van der Waals surface area contributed by atoms with Gasteiger partial charge in [0.1, 0.15) is 16.9 Å². The van der Waals surface area contributed by atoms with Gasteiger partial charge in [-0.15, -0.1) is 0 Å². The maximum absolute atomic E-state index is 14.2. The number of likely N-dealkylation sites (tertiary alicyclic amines) is 1. The molecule has 1 aliphatic carbocycles. The Morgan fingerprint density at radius 1 is 1.21 bits per heavy atom. The van der Waals surface area contributed by atoms with Crippen LogP contribution in [0.3, 0.4) is 0 Å². The van der Waals surface area contributed by atoms with Crippen LogP contribution in [0.2, 0.25) is 0 Å². The van der Waals surface area contributed by atoms with E-state index in [0.717, 1.165) is 28.4 Å². The Bertz CT molecular complexity index is 1350. The molecular formula is C27H35F3N8O3S. The van der Waals surface area contributed by atoms with E-state index < -0.39 is 23.7 Å². The highest BCUT2D eigenvalue weighted by molar-refractivity contribution is 7.19. The maximum atomic E-state index is 14.2. The number of anilines is 4. The van der Waals surface area contributed by atoms with Gasteiger partial charge in [0.05, 0.1) is 29.4 Å². The summed E-state index contributed by atoms with van der Waals surface area (Å²) in [5.74, 6) is 1.01. The average Bonchev–Trinajstić information content (AvgIpc) is 3.74. The monoisotopic (exact) mass is 608 g/mol. The minimum Gasteiger partial charge on any atom is -0.457 e. The molecule has 2 saturated heterocycles. The SMILES string of the molecule is CNc1nc(COC(=N)N2CCC[C@@H]2C(F)(F)F)nc2c1C1(CCCC1)C(=O)N2c1cnc(N2C[C@@H](C)O[C@@H](C)C2)s1. The number of rotatable bonds is 5. The topological polar surface area (TPSA) is 120 Å². The van der Waals surface area contributed by atoms with Crippen molar-refractivity contribution in [2.24, 2.45) is 0 Å². The second-order valence-corrected chi connectivity index (χ2v) is 12.5. The van der Waals surface area contributed by atoms with Crippen LogP contribution in [0.4, 0.5) is 34.9 Å². The second kappa shape index (κ2) is 10.8. The lowest BCUT2D eigenvalue weighted by Crippen LogP contribution is -2.45. The van der Waals surface area contributed by atoms with Gasteiger partial charge in [-0.1, -0.05) is 24.2 Å². The summed E-state index contributed by atoms with van der Waals surface area (Å²) in [4.78, 5) is 32.9. The molecule has 1 spiro atoms. The molecule has 1 amide bonds. The summed E-state index contributed by atoms with van der Waals surface area (Å²) in [6.45, 7) is 5.21. The van der Waals surface area contributed by atoms with Crippen molar-refractivity contribution in [3.63, 3.8) is 0 Å². The van der Waals surface area contributed by atoms with Crippen LogP contribution in [0.25, 0.3) is 0 Å². The zero-order valence-corrected chi connectivity index (χ0v) is 24.6. The quantitative estimate of drug-likeness (QED) is 0.372. The van der Waals surface area contributed by atoms with Crippen molar-refractivity contribution in [2.75, 3.05) is 41.8 Å². The highest BCUT2D eigenvalue weighted by Gasteiger charge is 2.56. The van der Waals surface area contributed by atoms with Crippen LogP contribution in [0.15, 0.2) is 6.20 Å². The van der Waals surface area contributed by atoms with Crippen LogP contribution in [-0.2, 0) is 26.3 Å². The third-order valence-electron chi connectivity index (χ3n) is 8.55.